The number of nitriles is 1. The summed E-state index contributed by atoms with van der Waals surface area (Å²) in [5.41, 5.74) is 1.61. The van der Waals surface area contributed by atoms with E-state index in [2.05, 4.69) is 30.1 Å². The van der Waals surface area contributed by atoms with E-state index in [0.717, 1.165) is 30.0 Å². The Bertz CT molecular complexity index is 1170. The molecule has 28 heavy (non-hydrogen) atoms. The number of nitrogens with zero attached hydrogens (tertiary/aromatic N) is 2. The van der Waals surface area contributed by atoms with Crippen molar-refractivity contribution in [2.24, 2.45) is 0 Å². The Labute approximate surface area is 166 Å². The van der Waals surface area contributed by atoms with Gasteiger partial charge in [-0.1, -0.05) is 12.1 Å². The lowest BCUT2D eigenvalue weighted by molar-refractivity contribution is 0.0997. The minimum absolute atomic E-state index is 0.0669. The Balaban J connectivity index is 1.66. The number of benzene rings is 1. The van der Waals surface area contributed by atoms with Crippen molar-refractivity contribution in [2.45, 2.75) is 32.9 Å². The molecule has 0 radical (unpaired) electrons. The fourth-order valence-electron chi connectivity index (χ4n) is 3.45. The molecule has 6 nitrogen and oxygen atoms in total. The predicted octanol–water partition coefficient (Wildman–Crippen LogP) is 3.74. The van der Waals surface area contributed by atoms with Crippen molar-refractivity contribution in [1.82, 2.24) is 4.90 Å². The van der Waals surface area contributed by atoms with Crippen LogP contribution in [0.1, 0.15) is 40.4 Å². The summed E-state index contributed by atoms with van der Waals surface area (Å²) in [6.45, 7) is 5.96. The minimum atomic E-state index is -0.529. The van der Waals surface area contributed by atoms with Crippen LogP contribution in [0.25, 0.3) is 11.0 Å². The third-order valence-corrected chi connectivity index (χ3v) is 6.15. The van der Waals surface area contributed by atoms with Crippen LogP contribution in [-0.4, -0.2) is 23.4 Å². The molecule has 0 saturated heterocycles. The summed E-state index contributed by atoms with van der Waals surface area (Å²) in [5, 5.41) is 13.3. The summed E-state index contributed by atoms with van der Waals surface area (Å²) in [6.07, 6.45) is 0.786. The second kappa shape index (κ2) is 7.23. The first-order valence-electron chi connectivity index (χ1n) is 9.11. The van der Waals surface area contributed by atoms with E-state index < -0.39 is 5.91 Å². The van der Waals surface area contributed by atoms with E-state index in [4.69, 9.17) is 4.42 Å². The Morgan fingerprint density at radius 1 is 1.36 bits per heavy atom. The maximum Gasteiger partial charge on any atom is 0.292 e. The first-order valence-corrected chi connectivity index (χ1v) is 9.92. The third-order valence-electron chi connectivity index (χ3n) is 5.01. The highest BCUT2D eigenvalue weighted by atomic mass is 32.1. The van der Waals surface area contributed by atoms with Crippen molar-refractivity contribution in [3.63, 3.8) is 0 Å². The quantitative estimate of drug-likeness (QED) is 0.732. The topological polar surface area (TPSA) is 86.3 Å². The zero-order valence-corrected chi connectivity index (χ0v) is 16.4. The molecular weight excluding hydrogens is 374 g/mol. The number of carbonyl (C=O) groups is 1. The van der Waals surface area contributed by atoms with Crippen LogP contribution in [0.3, 0.4) is 0 Å². The van der Waals surface area contributed by atoms with E-state index in [9.17, 15) is 14.9 Å². The summed E-state index contributed by atoms with van der Waals surface area (Å²) < 4.78 is 5.60. The molecule has 0 atom stereocenters. The van der Waals surface area contributed by atoms with Gasteiger partial charge in [-0.25, -0.2) is 0 Å². The number of hydrogen-bond acceptors (Lipinski definition) is 6. The van der Waals surface area contributed by atoms with Crippen LogP contribution < -0.4 is 10.7 Å². The first-order chi connectivity index (χ1) is 13.5. The van der Waals surface area contributed by atoms with E-state index in [1.165, 1.54) is 17.4 Å². The van der Waals surface area contributed by atoms with Gasteiger partial charge in [0.1, 0.15) is 16.7 Å². The molecule has 3 heterocycles. The van der Waals surface area contributed by atoms with Crippen molar-refractivity contribution >= 4 is 33.2 Å². The summed E-state index contributed by atoms with van der Waals surface area (Å²) in [4.78, 5) is 28.4. The second-order valence-corrected chi connectivity index (χ2v) is 8.16. The molecule has 1 aliphatic rings. The molecule has 3 aromatic rings. The lowest BCUT2D eigenvalue weighted by Crippen LogP contribution is -2.35. The number of rotatable bonds is 3. The van der Waals surface area contributed by atoms with E-state index in [1.54, 1.807) is 24.3 Å². The van der Waals surface area contributed by atoms with E-state index in [0.29, 0.717) is 27.6 Å². The molecule has 0 bridgehead atoms. The second-order valence-electron chi connectivity index (χ2n) is 7.06. The zero-order chi connectivity index (χ0) is 19.8. The molecule has 0 saturated carbocycles. The normalized spacial score (nSPS) is 14.1. The molecule has 0 fully saturated rings. The van der Waals surface area contributed by atoms with Crippen LogP contribution >= 0.6 is 11.3 Å². The summed E-state index contributed by atoms with van der Waals surface area (Å²) in [7, 11) is 0. The monoisotopic (exact) mass is 393 g/mol. The summed E-state index contributed by atoms with van der Waals surface area (Å²) >= 11 is 1.42. The molecule has 2 aromatic heterocycles. The fraction of sp³-hybridized carbons (Fsp3) is 0.286. The lowest BCUT2D eigenvalue weighted by Gasteiger charge is -2.30. The van der Waals surface area contributed by atoms with Gasteiger partial charge in [-0.05, 0) is 38.0 Å². The number of nitrogens with one attached hydrogen (secondary N) is 1. The van der Waals surface area contributed by atoms with E-state index >= 15 is 0 Å². The van der Waals surface area contributed by atoms with Gasteiger partial charge < -0.3 is 9.73 Å². The maximum absolute atomic E-state index is 12.7. The van der Waals surface area contributed by atoms with Gasteiger partial charge in [-0.2, -0.15) is 5.26 Å². The standard InChI is InChI=1S/C21H19N3O3S/c1-12(2)24-8-7-13-15(10-22)21(28-19(13)11-24)23-20(26)18-9-16(25)14-5-3-4-6-17(14)27-18/h3-6,9,12H,7-8,11H2,1-2H3,(H,23,26). The summed E-state index contributed by atoms with van der Waals surface area (Å²) in [5.74, 6) is -0.596. The van der Waals surface area contributed by atoms with Gasteiger partial charge in [-0.3, -0.25) is 14.5 Å². The number of anilines is 1. The van der Waals surface area contributed by atoms with E-state index in [-0.39, 0.29) is 11.2 Å². The van der Waals surface area contributed by atoms with Crippen LogP contribution in [0.15, 0.2) is 39.5 Å². The largest absolute Gasteiger partial charge is 0.451 e. The maximum atomic E-state index is 12.7. The zero-order valence-electron chi connectivity index (χ0n) is 15.6. The minimum Gasteiger partial charge on any atom is -0.451 e. The first kappa shape index (κ1) is 18.4. The van der Waals surface area contributed by atoms with Crippen LogP contribution in [0.4, 0.5) is 5.00 Å². The van der Waals surface area contributed by atoms with Crippen LogP contribution in [0, 0.1) is 11.3 Å². The van der Waals surface area contributed by atoms with Gasteiger partial charge >= 0.3 is 0 Å². The number of amides is 1. The average Bonchev–Trinajstić information content (AvgIpc) is 3.03. The van der Waals surface area contributed by atoms with Gasteiger partial charge in [0.2, 0.25) is 0 Å². The molecule has 0 unspecified atom stereocenters. The van der Waals surface area contributed by atoms with E-state index in [1.807, 2.05) is 0 Å². The molecule has 1 amide bonds. The molecule has 4 rings (SSSR count). The Morgan fingerprint density at radius 2 is 2.14 bits per heavy atom. The van der Waals surface area contributed by atoms with Crippen molar-refractivity contribution in [2.75, 3.05) is 11.9 Å². The van der Waals surface area contributed by atoms with Gasteiger partial charge in [0, 0.05) is 30.1 Å². The lowest BCUT2D eigenvalue weighted by atomic mass is 10.0. The van der Waals surface area contributed by atoms with Crippen LogP contribution in [0.5, 0.6) is 0 Å². The van der Waals surface area contributed by atoms with Crippen molar-refractivity contribution < 1.29 is 9.21 Å². The Hall–Kier alpha value is -2.95. The Kier molecular flexibility index (Phi) is 4.75. The van der Waals surface area contributed by atoms with Gasteiger partial charge in [0.05, 0.1) is 10.9 Å². The number of carbonyl (C=O) groups excluding carboxylic acids is 1. The number of thiophene rings is 1. The van der Waals surface area contributed by atoms with Gasteiger partial charge in [0.15, 0.2) is 11.2 Å². The van der Waals surface area contributed by atoms with Gasteiger partial charge in [0.25, 0.3) is 5.91 Å². The number of fused-ring (bicyclic) bond motifs is 2. The fourth-order valence-corrected chi connectivity index (χ4v) is 4.67. The highest BCUT2D eigenvalue weighted by Gasteiger charge is 2.26. The Morgan fingerprint density at radius 3 is 2.89 bits per heavy atom. The number of para-hydroxylation sites is 1. The molecule has 7 heteroatoms. The predicted molar refractivity (Wildman–Crippen MR) is 109 cm³/mol. The van der Waals surface area contributed by atoms with Crippen LogP contribution in [0.2, 0.25) is 0 Å². The van der Waals surface area contributed by atoms with Crippen molar-refractivity contribution in [3.8, 4) is 6.07 Å². The summed E-state index contributed by atoms with van der Waals surface area (Å²) in [6, 6.07) is 10.6. The SMILES string of the molecule is CC(C)N1CCc2c(sc(NC(=O)c3cc(=O)c4ccccc4o3)c2C#N)C1. The number of hydrogen-bond donors (Lipinski definition) is 1. The highest BCUT2D eigenvalue weighted by Crippen LogP contribution is 2.37. The molecular formula is C21H19N3O3S. The molecule has 1 aliphatic heterocycles. The molecule has 0 spiro atoms. The van der Waals surface area contributed by atoms with Gasteiger partial charge in [-0.15, -0.1) is 11.3 Å². The third kappa shape index (κ3) is 3.21. The van der Waals surface area contributed by atoms with Crippen molar-refractivity contribution in [3.05, 3.63) is 62.3 Å². The molecule has 0 aliphatic carbocycles. The molecule has 142 valence electrons. The molecule has 1 aromatic carbocycles. The average molecular weight is 393 g/mol. The smallest absolute Gasteiger partial charge is 0.292 e. The van der Waals surface area contributed by atoms with Crippen LogP contribution in [-0.2, 0) is 13.0 Å². The molecule has 1 N–H and O–H groups in total. The highest BCUT2D eigenvalue weighted by molar-refractivity contribution is 7.16. The van der Waals surface area contributed by atoms with Crippen molar-refractivity contribution in [1.29, 1.82) is 5.26 Å².